The number of nitrogens with one attached hydrogen (secondary N) is 2. The van der Waals surface area contributed by atoms with Gasteiger partial charge in [-0.3, -0.25) is 9.89 Å². The van der Waals surface area contributed by atoms with E-state index in [1.165, 1.54) is 25.6 Å². The van der Waals surface area contributed by atoms with Crippen LogP contribution in [0.4, 0.5) is 5.69 Å². The van der Waals surface area contributed by atoms with E-state index in [9.17, 15) is 9.90 Å². The Labute approximate surface area is 97.2 Å². The Morgan fingerprint density at radius 1 is 1.53 bits per heavy atom. The molecule has 0 aliphatic rings. The first kappa shape index (κ1) is 11.0. The number of para-hydroxylation sites is 1. The van der Waals surface area contributed by atoms with Gasteiger partial charge in [-0.15, -0.1) is 0 Å². The quantitative estimate of drug-likeness (QED) is 0.747. The predicted octanol–water partition coefficient (Wildman–Crippen LogP) is 1.38. The largest absolute Gasteiger partial charge is 0.504 e. The number of aromatic nitrogens is 2. The number of anilines is 1. The highest BCUT2D eigenvalue weighted by Gasteiger charge is 2.14. The number of methoxy groups -OCH3 is 1. The molecule has 0 saturated heterocycles. The summed E-state index contributed by atoms with van der Waals surface area (Å²) in [6.45, 7) is 0. The zero-order valence-electron chi connectivity index (χ0n) is 9.10. The van der Waals surface area contributed by atoms with Gasteiger partial charge in [-0.2, -0.15) is 5.10 Å². The Morgan fingerprint density at radius 2 is 2.35 bits per heavy atom. The number of H-pyrrole nitrogens is 1. The smallest absolute Gasteiger partial charge is 0.259 e. The number of aromatic amines is 1. The molecule has 2 aromatic rings. The fourth-order valence-electron chi connectivity index (χ4n) is 1.39. The summed E-state index contributed by atoms with van der Waals surface area (Å²) in [5.74, 6) is -0.358. The van der Waals surface area contributed by atoms with Crippen molar-refractivity contribution in [3.8, 4) is 11.5 Å². The fraction of sp³-hybridized carbons (Fsp3) is 0.0909. The van der Waals surface area contributed by atoms with Crippen LogP contribution in [0.1, 0.15) is 10.4 Å². The van der Waals surface area contributed by atoms with Gasteiger partial charge >= 0.3 is 0 Å². The second-order valence-electron chi connectivity index (χ2n) is 3.30. The Kier molecular flexibility index (Phi) is 2.95. The molecular weight excluding hydrogens is 222 g/mol. The number of benzene rings is 1. The van der Waals surface area contributed by atoms with Crippen molar-refractivity contribution in [2.45, 2.75) is 0 Å². The molecule has 6 nitrogen and oxygen atoms in total. The van der Waals surface area contributed by atoms with Gasteiger partial charge in [0.05, 0.1) is 24.6 Å². The predicted molar refractivity (Wildman–Crippen MR) is 61.2 cm³/mol. The SMILES string of the molecule is COc1cccc(C(=O)Nc2cn[nH]c2)c1O. The molecule has 0 aliphatic heterocycles. The highest BCUT2D eigenvalue weighted by Crippen LogP contribution is 2.29. The molecule has 6 heteroatoms. The number of rotatable bonds is 3. The molecule has 1 aromatic carbocycles. The first-order valence-electron chi connectivity index (χ1n) is 4.88. The number of carbonyl (C=O) groups is 1. The zero-order valence-corrected chi connectivity index (χ0v) is 9.10. The minimum Gasteiger partial charge on any atom is -0.504 e. The van der Waals surface area contributed by atoms with E-state index in [2.05, 4.69) is 15.5 Å². The van der Waals surface area contributed by atoms with E-state index < -0.39 is 5.91 Å². The van der Waals surface area contributed by atoms with Crippen LogP contribution in [-0.2, 0) is 0 Å². The number of hydrogen-bond donors (Lipinski definition) is 3. The molecule has 0 aliphatic carbocycles. The normalized spacial score (nSPS) is 9.94. The molecule has 0 spiro atoms. The summed E-state index contributed by atoms with van der Waals surface area (Å²) in [6, 6.07) is 4.71. The number of ether oxygens (including phenoxy) is 1. The van der Waals surface area contributed by atoms with Crippen LogP contribution >= 0.6 is 0 Å². The van der Waals surface area contributed by atoms with Gasteiger partial charge in [0.1, 0.15) is 0 Å². The van der Waals surface area contributed by atoms with Gasteiger partial charge in [-0.1, -0.05) is 6.07 Å². The zero-order chi connectivity index (χ0) is 12.3. The van der Waals surface area contributed by atoms with Gasteiger partial charge in [0.25, 0.3) is 5.91 Å². The van der Waals surface area contributed by atoms with Crippen LogP contribution in [0.25, 0.3) is 0 Å². The molecule has 1 amide bonds. The standard InChI is InChI=1S/C11H11N3O3/c1-17-9-4-2-3-8(10(9)15)11(16)14-7-5-12-13-6-7/h2-6,15H,1H3,(H,12,13)(H,14,16). The van der Waals surface area contributed by atoms with E-state index in [4.69, 9.17) is 4.74 Å². The lowest BCUT2D eigenvalue weighted by molar-refractivity contribution is 0.102. The van der Waals surface area contributed by atoms with Gasteiger partial charge in [-0.05, 0) is 12.1 Å². The monoisotopic (exact) mass is 233 g/mol. The molecule has 0 fully saturated rings. The van der Waals surface area contributed by atoms with Gasteiger partial charge < -0.3 is 15.2 Å². The third-order valence-corrected chi connectivity index (χ3v) is 2.22. The van der Waals surface area contributed by atoms with Crippen LogP contribution in [0.3, 0.4) is 0 Å². The van der Waals surface area contributed by atoms with Crippen molar-refractivity contribution in [2.24, 2.45) is 0 Å². The van der Waals surface area contributed by atoms with E-state index in [1.54, 1.807) is 12.1 Å². The molecule has 0 bridgehead atoms. The summed E-state index contributed by atoms with van der Waals surface area (Å²) in [5.41, 5.74) is 0.669. The lowest BCUT2D eigenvalue weighted by atomic mass is 10.1. The Morgan fingerprint density at radius 3 is 3.00 bits per heavy atom. The topological polar surface area (TPSA) is 87.2 Å². The van der Waals surface area contributed by atoms with Gasteiger partial charge in [-0.25, -0.2) is 0 Å². The van der Waals surface area contributed by atoms with E-state index in [0.717, 1.165) is 0 Å². The first-order valence-corrected chi connectivity index (χ1v) is 4.88. The van der Waals surface area contributed by atoms with Gasteiger partial charge in [0.2, 0.25) is 0 Å². The highest BCUT2D eigenvalue weighted by molar-refractivity contribution is 6.06. The molecule has 0 radical (unpaired) electrons. The number of phenols is 1. The lowest BCUT2D eigenvalue weighted by Crippen LogP contribution is -2.11. The van der Waals surface area contributed by atoms with Gasteiger partial charge in [0, 0.05) is 6.20 Å². The van der Waals surface area contributed by atoms with Crippen molar-refractivity contribution >= 4 is 11.6 Å². The summed E-state index contributed by atoms with van der Waals surface area (Å²) in [6.07, 6.45) is 3.00. The number of carbonyl (C=O) groups excluding carboxylic acids is 1. The molecule has 0 unspecified atom stereocenters. The molecule has 0 atom stereocenters. The lowest BCUT2D eigenvalue weighted by Gasteiger charge is -2.08. The number of phenolic OH excluding ortho intramolecular Hbond substituents is 1. The Bertz CT molecular complexity index is 523. The molecule has 88 valence electrons. The van der Waals surface area contributed by atoms with E-state index in [-0.39, 0.29) is 17.1 Å². The minimum absolute atomic E-state index is 0.144. The van der Waals surface area contributed by atoms with E-state index in [1.807, 2.05) is 0 Å². The van der Waals surface area contributed by atoms with Crippen LogP contribution in [0, 0.1) is 0 Å². The van der Waals surface area contributed by atoms with Crippen LogP contribution in [0.15, 0.2) is 30.6 Å². The Balaban J connectivity index is 2.25. The Hall–Kier alpha value is -2.50. The van der Waals surface area contributed by atoms with Crippen molar-refractivity contribution < 1.29 is 14.6 Å². The summed E-state index contributed by atoms with van der Waals surface area (Å²) in [5, 5.41) is 18.6. The first-order chi connectivity index (χ1) is 8.22. The molecule has 2 rings (SSSR count). The van der Waals surface area contributed by atoms with Crippen LogP contribution in [0.2, 0.25) is 0 Å². The number of aromatic hydroxyl groups is 1. The second-order valence-corrected chi connectivity index (χ2v) is 3.30. The summed E-state index contributed by atoms with van der Waals surface area (Å²) >= 11 is 0. The average Bonchev–Trinajstić information content (AvgIpc) is 2.82. The average molecular weight is 233 g/mol. The van der Waals surface area contributed by atoms with Crippen LogP contribution in [0.5, 0.6) is 11.5 Å². The number of hydrogen-bond acceptors (Lipinski definition) is 4. The molecule has 1 aromatic heterocycles. The number of nitrogens with zero attached hydrogens (tertiary/aromatic N) is 1. The van der Waals surface area contributed by atoms with Crippen molar-refractivity contribution in [1.29, 1.82) is 0 Å². The van der Waals surface area contributed by atoms with E-state index in [0.29, 0.717) is 5.69 Å². The van der Waals surface area contributed by atoms with Crippen LogP contribution in [-0.4, -0.2) is 28.3 Å². The third kappa shape index (κ3) is 2.20. The number of amides is 1. The summed E-state index contributed by atoms with van der Waals surface area (Å²) in [7, 11) is 1.42. The minimum atomic E-state index is -0.428. The maximum absolute atomic E-state index is 11.8. The van der Waals surface area contributed by atoms with Crippen molar-refractivity contribution in [3.63, 3.8) is 0 Å². The fourth-order valence-corrected chi connectivity index (χ4v) is 1.39. The van der Waals surface area contributed by atoms with Crippen molar-refractivity contribution in [3.05, 3.63) is 36.2 Å². The van der Waals surface area contributed by atoms with Crippen molar-refractivity contribution in [2.75, 3.05) is 12.4 Å². The van der Waals surface area contributed by atoms with Gasteiger partial charge in [0.15, 0.2) is 11.5 Å². The maximum atomic E-state index is 11.8. The molecule has 17 heavy (non-hydrogen) atoms. The summed E-state index contributed by atoms with van der Waals surface area (Å²) < 4.78 is 4.92. The van der Waals surface area contributed by atoms with Crippen molar-refractivity contribution in [1.82, 2.24) is 10.2 Å². The van der Waals surface area contributed by atoms with E-state index >= 15 is 0 Å². The third-order valence-electron chi connectivity index (χ3n) is 2.22. The molecule has 0 saturated carbocycles. The highest BCUT2D eigenvalue weighted by atomic mass is 16.5. The molecule has 1 heterocycles. The maximum Gasteiger partial charge on any atom is 0.259 e. The second kappa shape index (κ2) is 4.56. The molecular formula is C11H11N3O3. The van der Waals surface area contributed by atoms with Crippen LogP contribution < -0.4 is 10.1 Å². The molecule has 3 N–H and O–H groups in total. The summed E-state index contributed by atoms with van der Waals surface area (Å²) in [4.78, 5) is 11.8.